The van der Waals surface area contributed by atoms with E-state index in [1.165, 1.54) is 14.2 Å². The van der Waals surface area contributed by atoms with Crippen LogP contribution in [0, 0.1) is 0 Å². The molecule has 0 radical (unpaired) electrons. The molecule has 2 rings (SSSR count). The summed E-state index contributed by atoms with van der Waals surface area (Å²) in [4.78, 5) is 21.8. The average Bonchev–Trinajstić information content (AvgIpc) is 2.81. The van der Waals surface area contributed by atoms with Crippen LogP contribution in [0.5, 0.6) is 11.8 Å². The van der Waals surface area contributed by atoms with E-state index in [0.717, 1.165) is 17.0 Å². The Morgan fingerprint density at radius 2 is 2.00 bits per heavy atom. The van der Waals surface area contributed by atoms with Crippen molar-refractivity contribution in [1.29, 1.82) is 0 Å². The smallest absolute Gasteiger partial charge is 0.304 e. The Labute approximate surface area is 107 Å². The molecule has 2 heterocycles. The van der Waals surface area contributed by atoms with E-state index in [-0.39, 0.29) is 4.87 Å². The maximum absolute atomic E-state index is 11.0. The van der Waals surface area contributed by atoms with Crippen LogP contribution >= 0.6 is 11.3 Å². The quantitative estimate of drug-likeness (QED) is 0.836. The van der Waals surface area contributed by atoms with E-state index in [2.05, 4.69) is 20.3 Å². The van der Waals surface area contributed by atoms with E-state index in [4.69, 9.17) is 9.47 Å². The number of anilines is 1. The number of nitrogens with zero attached hydrogens (tertiary/aromatic N) is 2. The molecule has 0 saturated heterocycles. The lowest BCUT2D eigenvalue weighted by atomic mass is 10.5. The van der Waals surface area contributed by atoms with Gasteiger partial charge in [0.2, 0.25) is 17.7 Å². The Balaban J connectivity index is 2.10. The predicted molar refractivity (Wildman–Crippen MR) is 67.4 cm³/mol. The van der Waals surface area contributed by atoms with Crippen LogP contribution in [0.2, 0.25) is 0 Å². The third-order valence-corrected chi connectivity index (χ3v) is 2.82. The van der Waals surface area contributed by atoms with E-state index in [1.807, 2.05) is 0 Å². The predicted octanol–water partition coefficient (Wildman–Crippen LogP) is 0.856. The molecule has 0 aliphatic carbocycles. The van der Waals surface area contributed by atoms with Crippen LogP contribution in [0.15, 0.2) is 16.2 Å². The molecule has 18 heavy (non-hydrogen) atoms. The van der Waals surface area contributed by atoms with Crippen molar-refractivity contribution in [1.82, 2.24) is 15.0 Å². The molecule has 0 aliphatic rings. The van der Waals surface area contributed by atoms with Crippen LogP contribution in [0.4, 0.5) is 5.95 Å². The summed E-state index contributed by atoms with van der Waals surface area (Å²) < 4.78 is 10.1. The molecule has 0 fully saturated rings. The molecule has 7 nitrogen and oxygen atoms in total. The fraction of sp³-hybridized carbons (Fsp3) is 0.300. The molecule has 2 aromatic heterocycles. The van der Waals surface area contributed by atoms with Gasteiger partial charge in [0, 0.05) is 11.1 Å². The Hall–Kier alpha value is -2.09. The fourth-order valence-corrected chi connectivity index (χ4v) is 1.85. The summed E-state index contributed by atoms with van der Waals surface area (Å²) in [7, 11) is 3.03. The summed E-state index contributed by atoms with van der Waals surface area (Å²) in [6.45, 7) is 0.426. The first-order valence-corrected chi connectivity index (χ1v) is 5.97. The maximum atomic E-state index is 11.0. The highest BCUT2D eigenvalue weighted by Gasteiger charge is 2.05. The highest BCUT2D eigenvalue weighted by Crippen LogP contribution is 2.17. The van der Waals surface area contributed by atoms with Gasteiger partial charge in [0.1, 0.15) is 0 Å². The van der Waals surface area contributed by atoms with Crippen molar-refractivity contribution in [2.24, 2.45) is 0 Å². The number of hydrogen-bond acceptors (Lipinski definition) is 7. The largest absolute Gasteiger partial charge is 0.481 e. The van der Waals surface area contributed by atoms with Crippen LogP contribution in [0.1, 0.15) is 5.69 Å². The number of hydrogen-bond donors (Lipinski definition) is 2. The molecule has 0 spiro atoms. The molecule has 96 valence electrons. The van der Waals surface area contributed by atoms with E-state index in [0.29, 0.717) is 24.3 Å². The lowest BCUT2D eigenvalue weighted by Crippen LogP contribution is -2.07. The van der Waals surface area contributed by atoms with Gasteiger partial charge in [-0.3, -0.25) is 4.79 Å². The Morgan fingerprint density at radius 3 is 2.50 bits per heavy atom. The third-order valence-electron chi connectivity index (χ3n) is 2.11. The van der Waals surface area contributed by atoms with Crippen molar-refractivity contribution in [3.63, 3.8) is 0 Å². The van der Waals surface area contributed by atoms with Crippen molar-refractivity contribution < 1.29 is 9.47 Å². The van der Waals surface area contributed by atoms with Crippen molar-refractivity contribution in [2.75, 3.05) is 19.5 Å². The number of aromatic amines is 1. The summed E-state index contributed by atoms with van der Waals surface area (Å²) in [5, 5.41) is 4.72. The highest BCUT2D eigenvalue weighted by molar-refractivity contribution is 7.07. The number of thiazole rings is 1. The second kappa shape index (κ2) is 5.50. The molecule has 2 N–H and O–H groups in total. The zero-order valence-corrected chi connectivity index (χ0v) is 10.7. The minimum absolute atomic E-state index is 0.0871. The van der Waals surface area contributed by atoms with Gasteiger partial charge in [-0.15, -0.1) is 0 Å². The molecule has 0 unspecified atom stereocenters. The maximum Gasteiger partial charge on any atom is 0.304 e. The second-order valence-corrected chi connectivity index (χ2v) is 4.15. The zero-order valence-electron chi connectivity index (χ0n) is 9.89. The van der Waals surface area contributed by atoms with Gasteiger partial charge in [0.15, 0.2) is 0 Å². The first kappa shape index (κ1) is 12.4. The first-order valence-electron chi connectivity index (χ1n) is 5.09. The van der Waals surface area contributed by atoms with Crippen LogP contribution in [0.25, 0.3) is 0 Å². The van der Waals surface area contributed by atoms with Crippen LogP contribution in [-0.2, 0) is 6.54 Å². The van der Waals surface area contributed by atoms with Crippen LogP contribution in [-0.4, -0.2) is 29.2 Å². The Kier molecular flexibility index (Phi) is 3.78. The summed E-state index contributed by atoms with van der Waals surface area (Å²) in [6, 6.07) is 1.58. The molecule has 0 saturated carbocycles. The van der Waals surface area contributed by atoms with Crippen molar-refractivity contribution >= 4 is 17.3 Å². The lowest BCUT2D eigenvalue weighted by Gasteiger charge is -2.07. The monoisotopic (exact) mass is 268 g/mol. The molecule has 0 amide bonds. The summed E-state index contributed by atoms with van der Waals surface area (Å²) in [5.41, 5.74) is 0.774. The van der Waals surface area contributed by atoms with E-state index >= 15 is 0 Å². The Morgan fingerprint density at radius 1 is 1.33 bits per heavy atom. The summed E-state index contributed by atoms with van der Waals surface area (Å²) in [5.74, 6) is 1.18. The van der Waals surface area contributed by atoms with Crippen molar-refractivity contribution in [2.45, 2.75) is 6.54 Å². The van der Waals surface area contributed by atoms with Gasteiger partial charge in [0.25, 0.3) is 0 Å². The van der Waals surface area contributed by atoms with Gasteiger partial charge in [-0.1, -0.05) is 11.3 Å². The molecular formula is C10H12N4O3S. The van der Waals surface area contributed by atoms with Gasteiger partial charge < -0.3 is 19.8 Å². The van der Waals surface area contributed by atoms with Crippen molar-refractivity contribution in [3.8, 4) is 11.8 Å². The normalized spacial score (nSPS) is 10.1. The van der Waals surface area contributed by atoms with Gasteiger partial charge in [0.05, 0.1) is 26.8 Å². The van der Waals surface area contributed by atoms with E-state index < -0.39 is 0 Å². The fourth-order valence-electron chi connectivity index (χ4n) is 1.27. The first-order chi connectivity index (χ1) is 8.71. The number of aromatic nitrogens is 3. The SMILES string of the molecule is COc1cc(OC)nc(NCc2csc(=O)[nH]2)n1. The van der Waals surface area contributed by atoms with Crippen molar-refractivity contribution in [3.05, 3.63) is 26.8 Å². The molecule has 0 aromatic carbocycles. The Bertz CT molecular complexity index is 558. The molecule has 2 aromatic rings. The van der Waals surface area contributed by atoms with E-state index in [9.17, 15) is 4.79 Å². The summed E-state index contributed by atoms with van der Waals surface area (Å²) in [6.07, 6.45) is 0. The molecule has 0 bridgehead atoms. The van der Waals surface area contributed by atoms with Crippen LogP contribution in [0.3, 0.4) is 0 Å². The molecular weight excluding hydrogens is 256 g/mol. The van der Waals surface area contributed by atoms with Gasteiger partial charge >= 0.3 is 4.87 Å². The lowest BCUT2D eigenvalue weighted by molar-refractivity contribution is 0.373. The highest BCUT2D eigenvalue weighted by atomic mass is 32.1. The number of nitrogens with one attached hydrogen (secondary N) is 2. The van der Waals surface area contributed by atoms with Crippen LogP contribution < -0.4 is 19.7 Å². The number of rotatable bonds is 5. The average molecular weight is 268 g/mol. The number of ether oxygens (including phenoxy) is 2. The van der Waals surface area contributed by atoms with Gasteiger partial charge in [-0.05, 0) is 0 Å². The third kappa shape index (κ3) is 2.98. The molecule has 0 aliphatic heterocycles. The summed E-state index contributed by atoms with van der Waals surface area (Å²) >= 11 is 1.11. The number of H-pyrrole nitrogens is 1. The minimum Gasteiger partial charge on any atom is -0.481 e. The minimum atomic E-state index is -0.0871. The standard InChI is InChI=1S/C10H12N4O3S/c1-16-7-3-8(17-2)14-9(13-7)11-4-6-5-18-10(15)12-6/h3,5H,4H2,1-2H3,(H,12,15)(H,11,13,14). The zero-order chi connectivity index (χ0) is 13.0. The van der Waals surface area contributed by atoms with Gasteiger partial charge in [-0.2, -0.15) is 9.97 Å². The molecule has 8 heteroatoms. The second-order valence-electron chi connectivity index (χ2n) is 3.30. The topological polar surface area (TPSA) is 89.1 Å². The number of methoxy groups -OCH3 is 2. The molecule has 0 atom stereocenters. The van der Waals surface area contributed by atoms with Gasteiger partial charge in [-0.25, -0.2) is 0 Å². The van der Waals surface area contributed by atoms with E-state index in [1.54, 1.807) is 11.4 Å².